The van der Waals surface area contributed by atoms with Crippen LogP contribution in [0.1, 0.15) is 28.7 Å². The lowest BCUT2D eigenvalue weighted by Gasteiger charge is -2.21. The van der Waals surface area contributed by atoms with Gasteiger partial charge in [0.15, 0.2) is 6.61 Å². The molecule has 1 aliphatic heterocycles. The number of nitrogens with zero attached hydrogens (tertiary/aromatic N) is 1. The van der Waals surface area contributed by atoms with Crippen LogP contribution in [0.25, 0.3) is 0 Å². The molecule has 2 aromatic rings. The van der Waals surface area contributed by atoms with Gasteiger partial charge in [-0.2, -0.15) is 0 Å². The standard InChI is InChI=1S/C23H25BrN2O4/c1-13-6-5-7-14(2)22(13)26-11-17(10-21(26)28)23(29)30-12-20(27)25-19-9-8-18(24)15(3)16(19)4/h5-9,17H,10-12H2,1-4H3,(H,25,27)/t17-/m0/s1. The van der Waals surface area contributed by atoms with Crippen LogP contribution in [0.2, 0.25) is 0 Å². The van der Waals surface area contributed by atoms with Gasteiger partial charge in [0, 0.05) is 28.8 Å². The summed E-state index contributed by atoms with van der Waals surface area (Å²) in [4.78, 5) is 38.9. The second kappa shape index (κ2) is 9.00. The summed E-state index contributed by atoms with van der Waals surface area (Å²) in [5.41, 5.74) is 5.45. The third-order valence-corrected chi connectivity index (χ3v) is 6.37. The second-order valence-electron chi connectivity index (χ2n) is 7.65. The molecule has 6 nitrogen and oxygen atoms in total. The number of rotatable bonds is 5. The molecule has 1 saturated heterocycles. The van der Waals surface area contributed by atoms with Gasteiger partial charge in [-0.15, -0.1) is 0 Å². The molecule has 1 N–H and O–H groups in total. The summed E-state index contributed by atoms with van der Waals surface area (Å²) < 4.78 is 6.17. The van der Waals surface area contributed by atoms with Crippen molar-refractivity contribution in [1.82, 2.24) is 0 Å². The van der Waals surface area contributed by atoms with E-state index in [1.165, 1.54) is 0 Å². The van der Waals surface area contributed by atoms with Gasteiger partial charge in [-0.3, -0.25) is 14.4 Å². The fraction of sp³-hybridized carbons (Fsp3) is 0.348. The van der Waals surface area contributed by atoms with Crippen LogP contribution >= 0.6 is 15.9 Å². The Bertz CT molecular complexity index is 998. The minimum absolute atomic E-state index is 0.0826. The molecule has 1 atom stereocenters. The number of aryl methyl sites for hydroxylation is 2. The monoisotopic (exact) mass is 472 g/mol. The van der Waals surface area contributed by atoms with Crippen molar-refractivity contribution in [2.45, 2.75) is 34.1 Å². The SMILES string of the molecule is Cc1cccc(C)c1N1C[C@@H](C(=O)OCC(=O)Nc2ccc(Br)c(C)c2C)CC1=O. The van der Waals surface area contributed by atoms with E-state index in [1.54, 1.807) is 11.0 Å². The number of nitrogens with one attached hydrogen (secondary N) is 1. The van der Waals surface area contributed by atoms with Crippen LogP contribution in [0, 0.1) is 33.6 Å². The molecule has 0 radical (unpaired) electrons. The molecule has 0 aliphatic carbocycles. The molecular weight excluding hydrogens is 448 g/mol. The number of benzene rings is 2. The number of anilines is 2. The zero-order valence-electron chi connectivity index (χ0n) is 17.5. The van der Waals surface area contributed by atoms with Crippen molar-refractivity contribution in [3.8, 4) is 0 Å². The lowest BCUT2D eigenvalue weighted by molar-refractivity contribution is -0.151. The zero-order valence-corrected chi connectivity index (χ0v) is 19.1. The fourth-order valence-corrected chi connectivity index (χ4v) is 4.11. The molecule has 1 fully saturated rings. The first kappa shape index (κ1) is 22.0. The number of para-hydroxylation sites is 1. The van der Waals surface area contributed by atoms with Gasteiger partial charge in [0.1, 0.15) is 0 Å². The van der Waals surface area contributed by atoms with Gasteiger partial charge in [-0.25, -0.2) is 0 Å². The molecule has 0 bridgehead atoms. The molecule has 7 heteroatoms. The van der Waals surface area contributed by atoms with E-state index in [2.05, 4.69) is 21.2 Å². The first-order valence-corrected chi connectivity index (χ1v) is 10.6. The molecule has 30 heavy (non-hydrogen) atoms. The highest BCUT2D eigenvalue weighted by atomic mass is 79.9. The average molecular weight is 473 g/mol. The Labute approximate surface area is 184 Å². The highest BCUT2D eigenvalue weighted by Gasteiger charge is 2.37. The van der Waals surface area contributed by atoms with Gasteiger partial charge in [0.05, 0.1) is 5.92 Å². The predicted molar refractivity (Wildman–Crippen MR) is 120 cm³/mol. The number of hydrogen-bond donors (Lipinski definition) is 1. The molecule has 0 aromatic heterocycles. The van der Waals surface area contributed by atoms with E-state index in [0.717, 1.165) is 32.4 Å². The maximum absolute atomic E-state index is 12.5. The third-order valence-electron chi connectivity index (χ3n) is 5.51. The molecular formula is C23H25BrN2O4. The summed E-state index contributed by atoms with van der Waals surface area (Å²) in [5, 5.41) is 2.77. The highest BCUT2D eigenvalue weighted by Crippen LogP contribution is 2.31. The fourth-order valence-electron chi connectivity index (χ4n) is 3.68. The van der Waals surface area contributed by atoms with Crippen molar-refractivity contribution < 1.29 is 19.1 Å². The van der Waals surface area contributed by atoms with Gasteiger partial charge in [0.25, 0.3) is 5.91 Å². The van der Waals surface area contributed by atoms with Gasteiger partial charge in [-0.05, 0) is 62.1 Å². The van der Waals surface area contributed by atoms with Gasteiger partial charge in [0.2, 0.25) is 5.91 Å². The van der Waals surface area contributed by atoms with Gasteiger partial charge >= 0.3 is 5.97 Å². The summed E-state index contributed by atoms with van der Waals surface area (Å²) in [6.45, 7) is 7.62. The van der Waals surface area contributed by atoms with Crippen LogP contribution < -0.4 is 10.2 Å². The third kappa shape index (κ3) is 4.56. The first-order valence-electron chi connectivity index (χ1n) is 9.77. The van der Waals surface area contributed by atoms with Crippen molar-refractivity contribution in [2.24, 2.45) is 5.92 Å². The molecule has 3 rings (SSSR count). The predicted octanol–water partition coefficient (Wildman–Crippen LogP) is 4.22. The minimum atomic E-state index is -0.582. The quantitative estimate of drug-likeness (QED) is 0.660. The number of carbonyl (C=O) groups excluding carboxylic acids is 3. The molecule has 158 valence electrons. The van der Waals surface area contributed by atoms with Crippen molar-refractivity contribution in [3.63, 3.8) is 0 Å². The number of esters is 1. The van der Waals surface area contributed by atoms with Crippen LogP contribution in [-0.4, -0.2) is 30.9 Å². The summed E-state index contributed by atoms with van der Waals surface area (Å²) >= 11 is 3.46. The molecule has 0 unspecified atom stereocenters. The Kier molecular flexibility index (Phi) is 6.61. The van der Waals surface area contributed by atoms with E-state index in [0.29, 0.717) is 5.69 Å². The topological polar surface area (TPSA) is 75.7 Å². The lowest BCUT2D eigenvalue weighted by atomic mass is 10.1. The van der Waals surface area contributed by atoms with Crippen LogP contribution in [0.3, 0.4) is 0 Å². The van der Waals surface area contributed by atoms with Gasteiger partial charge in [-0.1, -0.05) is 34.1 Å². The number of hydrogen-bond acceptors (Lipinski definition) is 4. The van der Waals surface area contributed by atoms with Crippen LogP contribution in [0.5, 0.6) is 0 Å². The van der Waals surface area contributed by atoms with Crippen molar-refractivity contribution in [2.75, 3.05) is 23.4 Å². The average Bonchev–Trinajstić information content (AvgIpc) is 3.08. The number of halogens is 1. The van der Waals surface area contributed by atoms with E-state index < -0.39 is 17.8 Å². The maximum Gasteiger partial charge on any atom is 0.311 e. The van der Waals surface area contributed by atoms with E-state index >= 15 is 0 Å². The molecule has 1 aliphatic rings. The van der Waals surface area contributed by atoms with Crippen molar-refractivity contribution in [3.05, 3.63) is 57.1 Å². The van der Waals surface area contributed by atoms with E-state index in [9.17, 15) is 14.4 Å². The largest absolute Gasteiger partial charge is 0.455 e. The van der Waals surface area contributed by atoms with Crippen LogP contribution in [0.15, 0.2) is 34.8 Å². The minimum Gasteiger partial charge on any atom is -0.455 e. The summed E-state index contributed by atoms with van der Waals surface area (Å²) in [5.74, 6) is -1.64. The maximum atomic E-state index is 12.5. The number of ether oxygens (including phenoxy) is 1. The Morgan fingerprint density at radius 3 is 2.43 bits per heavy atom. The molecule has 0 saturated carbocycles. The number of carbonyl (C=O) groups is 3. The number of amides is 2. The summed E-state index contributed by atoms with van der Waals surface area (Å²) in [7, 11) is 0. The molecule has 2 amide bonds. The smallest absolute Gasteiger partial charge is 0.311 e. The first-order chi connectivity index (χ1) is 14.2. The van der Waals surface area contributed by atoms with E-state index in [-0.39, 0.29) is 25.5 Å². The van der Waals surface area contributed by atoms with E-state index in [1.807, 2.05) is 52.0 Å². The molecule has 2 aromatic carbocycles. The summed E-state index contributed by atoms with van der Waals surface area (Å²) in [6, 6.07) is 9.48. The van der Waals surface area contributed by atoms with Gasteiger partial charge < -0.3 is 15.0 Å². The van der Waals surface area contributed by atoms with Crippen molar-refractivity contribution >= 4 is 45.1 Å². The van der Waals surface area contributed by atoms with Crippen LogP contribution in [0.4, 0.5) is 11.4 Å². The van der Waals surface area contributed by atoms with Crippen molar-refractivity contribution in [1.29, 1.82) is 0 Å². The Morgan fingerprint density at radius 2 is 1.77 bits per heavy atom. The van der Waals surface area contributed by atoms with E-state index in [4.69, 9.17) is 4.74 Å². The highest BCUT2D eigenvalue weighted by molar-refractivity contribution is 9.10. The molecule has 0 spiro atoms. The Hall–Kier alpha value is -2.67. The summed E-state index contributed by atoms with van der Waals surface area (Å²) in [6.07, 6.45) is 0.0826. The lowest BCUT2D eigenvalue weighted by Crippen LogP contribution is -2.29. The second-order valence-corrected chi connectivity index (χ2v) is 8.50. The molecule has 1 heterocycles. The normalized spacial score (nSPS) is 16.0. The van der Waals surface area contributed by atoms with Crippen LogP contribution in [-0.2, 0) is 19.1 Å². The Morgan fingerprint density at radius 1 is 1.10 bits per heavy atom. The Balaban J connectivity index is 1.59. The zero-order chi connectivity index (χ0) is 22.0.